The molecule has 2 aromatic carbocycles. The number of amides is 2. The molecule has 11 heteroatoms. The molecule has 0 aromatic heterocycles. The summed E-state index contributed by atoms with van der Waals surface area (Å²) in [6, 6.07) is 12.3. The molecule has 2 rings (SSSR count). The molecule has 0 bridgehead atoms. The Morgan fingerprint density at radius 3 is 2.26 bits per heavy atom. The van der Waals surface area contributed by atoms with E-state index in [1.807, 2.05) is 6.92 Å². The van der Waals surface area contributed by atoms with Gasteiger partial charge in [-0.05, 0) is 43.2 Å². The summed E-state index contributed by atoms with van der Waals surface area (Å²) < 4.78 is 28.1. The zero-order valence-corrected chi connectivity index (χ0v) is 22.0. The second-order valence-electron chi connectivity index (χ2n) is 7.86. The standard InChI is InChI=1S/C23H30Cl2N4O4S/c1-5-13-26-23(31)17(2)28(15-18-11-12-19(24)14-21(18)25)22(30)16-29(34(32,33)27(3)4)20-9-7-6-8-10-20/h6-12,14,17H,5,13,15-16H2,1-4H3,(H,26,31)/t17-/m1/s1. The van der Waals surface area contributed by atoms with E-state index in [0.717, 1.165) is 15.0 Å². The third-order valence-corrected chi connectivity index (χ3v) is 7.54. The maximum Gasteiger partial charge on any atom is 0.304 e. The van der Waals surface area contributed by atoms with Crippen molar-refractivity contribution in [3.63, 3.8) is 0 Å². The van der Waals surface area contributed by atoms with Crippen LogP contribution in [-0.2, 0) is 26.3 Å². The number of rotatable bonds is 11. The predicted molar refractivity (Wildman–Crippen MR) is 136 cm³/mol. The van der Waals surface area contributed by atoms with Crippen LogP contribution in [0.25, 0.3) is 0 Å². The molecule has 0 saturated heterocycles. The Labute approximate surface area is 211 Å². The van der Waals surface area contributed by atoms with Crippen LogP contribution in [0.1, 0.15) is 25.8 Å². The molecule has 1 N–H and O–H groups in total. The molecule has 0 fully saturated rings. The Kier molecular flexibility index (Phi) is 10.2. The smallest absolute Gasteiger partial charge is 0.304 e. The Balaban J connectivity index is 2.44. The monoisotopic (exact) mass is 528 g/mol. The van der Waals surface area contributed by atoms with Gasteiger partial charge in [0, 0.05) is 37.2 Å². The molecule has 0 aliphatic carbocycles. The van der Waals surface area contributed by atoms with Gasteiger partial charge in [0.15, 0.2) is 0 Å². The van der Waals surface area contributed by atoms with Crippen molar-refractivity contribution in [2.24, 2.45) is 0 Å². The molecule has 2 amide bonds. The van der Waals surface area contributed by atoms with Gasteiger partial charge in [-0.15, -0.1) is 0 Å². The molecular formula is C23H30Cl2N4O4S. The minimum atomic E-state index is -3.99. The summed E-state index contributed by atoms with van der Waals surface area (Å²) in [4.78, 5) is 27.6. The molecule has 0 spiro atoms. The van der Waals surface area contributed by atoms with Gasteiger partial charge >= 0.3 is 10.2 Å². The van der Waals surface area contributed by atoms with E-state index in [1.54, 1.807) is 55.5 Å². The average Bonchev–Trinajstić information content (AvgIpc) is 2.80. The molecule has 0 saturated carbocycles. The van der Waals surface area contributed by atoms with E-state index in [1.165, 1.54) is 19.0 Å². The van der Waals surface area contributed by atoms with E-state index in [-0.39, 0.29) is 12.5 Å². The lowest BCUT2D eigenvalue weighted by Crippen LogP contribution is -2.52. The van der Waals surface area contributed by atoms with E-state index in [9.17, 15) is 18.0 Å². The summed E-state index contributed by atoms with van der Waals surface area (Å²) in [5, 5.41) is 3.56. The summed E-state index contributed by atoms with van der Waals surface area (Å²) in [7, 11) is -1.21. The number of carbonyl (C=O) groups is 2. The van der Waals surface area contributed by atoms with Crippen molar-refractivity contribution in [1.82, 2.24) is 14.5 Å². The molecule has 0 unspecified atom stereocenters. The van der Waals surface area contributed by atoms with Gasteiger partial charge in [0.1, 0.15) is 12.6 Å². The van der Waals surface area contributed by atoms with Crippen molar-refractivity contribution in [2.45, 2.75) is 32.9 Å². The van der Waals surface area contributed by atoms with Crippen molar-refractivity contribution in [3.8, 4) is 0 Å². The largest absolute Gasteiger partial charge is 0.354 e. The first-order chi connectivity index (χ1) is 16.0. The number of para-hydroxylation sites is 1. The van der Waals surface area contributed by atoms with Crippen LogP contribution in [0.2, 0.25) is 10.0 Å². The first-order valence-corrected chi connectivity index (χ1v) is 12.9. The topological polar surface area (TPSA) is 90.0 Å². The fourth-order valence-electron chi connectivity index (χ4n) is 3.12. The number of hydrogen-bond acceptors (Lipinski definition) is 4. The SMILES string of the molecule is CCCNC(=O)[C@@H](C)N(Cc1ccc(Cl)cc1Cl)C(=O)CN(c1ccccc1)S(=O)(=O)N(C)C. The highest BCUT2D eigenvalue weighted by atomic mass is 35.5. The Bertz CT molecular complexity index is 1100. The zero-order chi connectivity index (χ0) is 25.5. The fraction of sp³-hybridized carbons (Fsp3) is 0.391. The molecule has 0 radical (unpaired) electrons. The summed E-state index contributed by atoms with van der Waals surface area (Å²) in [5.74, 6) is -0.901. The summed E-state index contributed by atoms with van der Waals surface area (Å²) >= 11 is 12.3. The number of nitrogens with one attached hydrogen (secondary N) is 1. The third-order valence-electron chi connectivity index (χ3n) is 5.14. The summed E-state index contributed by atoms with van der Waals surface area (Å²) in [5.41, 5.74) is 0.911. The second-order valence-corrected chi connectivity index (χ2v) is 10.8. The van der Waals surface area contributed by atoms with Crippen molar-refractivity contribution < 1.29 is 18.0 Å². The van der Waals surface area contributed by atoms with Crippen LogP contribution in [0.3, 0.4) is 0 Å². The van der Waals surface area contributed by atoms with E-state index in [4.69, 9.17) is 23.2 Å². The fourth-order valence-corrected chi connectivity index (χ4v) is 4.65. The van der Waals surface area contributed by atoms with Crippen LogP contribution in [0.4, 0.5) is 5.69 Å². The lowest BCUT2D eigenvalue weighted by atomic mass is 10.1. The Hall–Kier alpha value is -2.33. The number of benzene rings is 2. The number of hydrogen-bond donors (Lipinski definition) is 1. The van der Waals surface area contributed by atoms with Gasteiger partial charge in [-0.3, -0.25) is 9.59 Å². The minimum absolute atomic E-state index is 0.000187. The van der Waals surface area contributed by atoms with Crippen molar-refractivity contribution in [1.29, 1.82) is 0 Å². The molecular weight excluding hydrogens is 499 g/mol. The minimum Gasteiger partial charge on any atom is -0.354 e. The first kappa shape index (κ1) is 27.9. The first-order valence-electron chi connectivity index (χ1n) is 10.7. The average molecular weight is 529 g/mol. The van der Waals surface area contributed by atoms with Crippen LogP contribution in [0, 0.1) is 0 Å². The van der Waals surface area contributed by atoms with E-state index in [2.05, 4.69) is 5.32 Å². The zero-order valence-electron chi connectivity index (χ0n) is 19.7. The molecule has 0 heterocycles. The Morgan fingerprint density at radius 1 is 1.06 bits per heavy atom. The number of halogens is 2. The van der Waals surface area contributed by atoms with Crippen LogP contribution in [0.15, 0.2) is 48.5 Å². The highest BCUT2D eigenvalue weighted by Crippen LogP contribution is 2.24. The molecule has 186 valence electrons. The van der Waals surface area contributed by atoms with Gasteiger partial charge in [-0.2, -0.15) is 12.7 Å². The molecule has 1 atom stereocenters. The highest BCUT2D eigenvalue weighted by Gasteiger charge is 2.32. The van der Waals surface area contributed by atoms with Crippen LogP contribution < -0.4 is 9.62 Å². The van der Waals surface area contributed by atoms with E-state index >= 15 is 0 Å². The summed E-state index contributed by atoms with van der Waals surface area (Å²) in [6.07, 6.45) is 0.734. The van der Waals surface area contributed by atoms with Gasteiger partial charge in [-0.1, -0.05) is 54.4 Å². The predicted octanol–water partition coefficient (Wildman–Crippen LogP) is 3.55. The molecule has 2 aromatic rings. The Morgan fingerprint density at radius 2 is 1.71 bits per heavy atom. The highest BCUT2D eigenvalue weighted by molar-refractivity contribution is 7.90. The normalized spacial score (nSPS) is 12.3. The number of nitrogens with zero attached hydrogens (tertiary/aromatic N) is 3. The third kappa shape index (κ3) is 7.09. The van der Waals surface area contributed by atoms with Crippen LogP contribution in [0.5, 0.6) is 0 Å². The van der Waals surface area contributed by atoms with Crippen LogP contribution >= 0.6 is 23.2 Å². The maximum absolute atomic E-state index is 13.6. The molecule has 8 nitrogen and oxygen atoms in total. The van der Waals surface area contributed by atoms with Crippen molar-refractivity contribution in [3.05, 3.63) is 64.1 Å². The van der Waals surface area contributed by atoms with Gasteiger partial charge in [0.05, 0.1) is 5.69 Å². The summed E-state index contributed by atoms with van der Waals surface area (Å²) in [6.45, 7) is 3.48. The molecule has 0 aliphatic rings. The molecule has 0 aliphatic heterocycles. The number of anilines is 1. The lowest BCUT2D eigenvalue weighted by molar-refractivity contribution is -0.139. The van der Waals surface area contributed by atoms with Gasteiger partial charge in [-0.25, -0.2) is 4.31 Å². The van der Waals surface area contributed by atoms with Gasteiger partial charge in [0.25, 0.3) is 0 Å². The second kappa shape index (κ2) is 12.4. The number of carbonyl (C=O) groups excluding carboxylic acids is 2. The van der Waals surface area contributed by atoms with Gasteiger partial charge in [0.2, 0.25) is 11.8 Å². The van der Waals surface area contributed by atoms with Crippen LogP contribution in [-0.4, -0.2) is 62.7 Å². The van der Waals surface area contributed by atoms with E-state index < -0.39 is 28.7 Å². The van der Waals surface area contributed by atoms with E-state index in [0.29, 0.717) is 27.8 Å². The van der Waals surface area contributed by atoms with Crippen molar-refractivity contribution >= 4 is 50.9 Å². The lowest BCUT2D eigenvalue weighted by Gasteiger charge is -2.33. The maximum atomic E-state index is 13.6. The quantitative estimate of drug-likeness (QED) is 0.482. The van der Waals surface area contributed by atoms with Crippen molar-refractivity contribution in [2.75, 3.05) is 31.5 Å². The van der Waals surface area contributed by atoms with Gasteiger partial charge < -0.3 is 10.2 Å². The molecule has 34 heavy (non-hydrogen) atoms.